The van der Waals surface area contributed by atoms with E-state index in [0.29, 0.717) is 12.5 Å². The number of rotatable bonds is 9. The Morgan fingerprint density at radius 3 is 2.16 bits per heavy atom. The molecule has 0 aromatic heterocycles. The Kier molecular flexibility index (Phi) is 9.42. The van der Waals surface area contributed by atoms with Gasteiger partial charge in [0.25, 0.3) is 0 Å². The van der Waals surface area contributed by atoms with Crippen LogP contribution in [0.2, 0.25) is 0 Å². The van der Waals surface area contributed by atoms with Gasteiger partial charge in [0.15, 0.2) is 11.5 Å². The average molecular weight is 433 g/mol. The van der Waals surface area contributed by atoms with Crippen LogP contribution in [-0.2, 0) is 0 Å². The minimum atomic E-state index is -1.00. The molecule has 0 heterocycles. The van der Waals surface area contributed by atoms with Crippen molar-refractivity contribution in [3.63, 3.8) is 0 Å². The first kappa shape index (κ1) is 23.8. The topological polar surface area (TPSA) is 18.5 Å². The Morgan fingerprint density at radius 1 is 0.903 bits per heavy atom. The molecular formula is C27H38F2O2. The fourth-order valence-electron chi connectivity index (χ4n) is 5.16. The highest BCUT2D eigenvalue weighted by Crippen LogP contribution is 2.42. The molecule has 0 radical (unpaired) electrons. The summed E-state index contributed by atoms with van der Waals surface area (Å²) in [5.74, 6) is 0.785. The molecule has 0 atom stereocenters. The Balaban J connectivity index is 1.40. The van der Waals surface area contributed by atoms with E-state index < -0.39 is 11.6 Å². The van der Waals surface area contributed by atoms with Crippen LogP contribution in [0.4, 0.5) is 8.78 Å². The molecule has 2 nitrogen and oxygen atoms in total. The van der Waals surface area contributed by atoms with E-state index in [1.54, 1.807) is 13.0 Å². The van der Waals surface area contributed by atoms with Crippen LogP contribution in [0.25, 0.3) is 0 Å². The number of benzene rings is 1. The van der Waals surface area contributed by atoms with Crippen molar-refractivity contribution in [1.29, 1.82) is 0 Å². The lowest BCUT2D eigenvalue weighted by molar-refractivity contribution is 0.127. The minimum absolute atomic E-state index is 0.0260. The number of halogens is 2. The summed E-state index contributed by atoms with van der Waals surface area (Å²) < 4.78 is 39.1. The van der Waals surface area contributed by atoms with Gasteiger partial charge in [-0.15, -0.1) is 0 Å². The van der Waals surface area contributed by atoms with E-state index in [1.165, 1.54) is 69.8 Å². The SMILES string of the molecule is CC=COc1ccc(OCC2CCC(C3CCC(C=CCCC)CC3)CC2)c(F)c1F. The van der Waals surface area contributed by atoms with Crippen molar-refractivity contribution in [3.8, 4) is 11.5 Å². The molecule has 3 rings (SSSR count). The van der Waals surface area contributed by atoms with Crippen molar-refractivity contribution in [2.75, 3.05) is 6.61 Å². The highest BCUT2D eigenvalue weighted by atomic mass is 19.2. The van der Waals surface area contributed by atoms with Crippen LogP contribution in [0.15, 0.2) is 36.6 Å². The second kappa shape index (κ2) is 12.3. The normalized spacial score (nSPS) is 27.1. The summed E-state index contributed by atoms with van der Waals surface area (Å²) in [6.07, 6.45) is 20.3. The smallest absolute Gasteiger partial charge is 0.205 e. The third-order valence-corrected chi connectivity index (χ3v) is 7.06. The zero-order chi connectivity index (χ0) is 22.1. The fraction of sp³-hybridized carbons (Fsp3) is 0.630. The maximum atomic E-state index is 14.3. The lowest BCUT2D eigenvalue weighted by atomic mass is 9.69. The van der Waals surface area contributed by atoms with Gasteiger partial charge >= 0.3 is 0 Å². The largest absolute Gasteiger partial charge is 0.490 e. The molecule has 1 aromatic carbocycles. The first-order valence-electron chi connectivity index (χ1n) is 12.2. The molecule has 0 aliphatic heterocycles. The molecule has 0 N–H and O–H groups in total. The van der Waals surface area contributed by atoms with Crippen molar-refractivity contribution < 1.29 is 18.3 Å². The summed E-state index contributed by atoms with van der Waals surface area (Å²) >= 11 is 0. The van der Waals surface area contributed by atoms with Crippen LogP contribution in [-0.4, -0.2) is 6.61 Å². The average Bonchev–Trinajstić information content (AvgIpc) is 2.80. The summed E-state index contributed by atoms with van der Waals surface area (Å²) in [5, 5.41) is 0. The molecule has 0 unspecified atom stereocenters. The van der Waals surface area contributed by atoms with Crippen LogP contribution in [0.1, 0.15) is 78.1 Å². The molecular weight excluding hydrogens is 394 g/mol. The molecule has 31 heavy (non-hydrogen) atoms. The molecule has 1 aromatic rings. The summed E-state index contributed by atoms with van der Waals surface area (Å²) in [6, 6.07) is 2.87. The quantitative estimate of drug-likeness (QED) is 0.289. The molecule has 2 aliphatic carbocycles. The molecule has 0 amide bonds. The highest BCUT2D eigenvalue weighted by Gasteiger charge is 2.30. The highest BCUT2D eigenvalue weighted by molar-refractivity contribution is 5.35. The third kappa shape index (κ3) is 6.82. The number of allylic oxidation sites excluding steroid dienone is 3. The van der Waals surface area contributed by atoms with Gasteiger partial charge in [0.05, 0.1) is 12.9 Å². The van der Waals surface area contributed by atoms with E-state index in [4.69, 9.17) is 9.47 Å². The number of hydrogen-bond acceptors (Lipinski definition) is 2. The van der Waals surface area contributed by atoms with Gasteiger partial charge < -0.3 is 9.47 Å². The molecule has 0 saturated heterocycles. The van der Waals surface area contributed by atoms with Crippen molar-refractivity contribution >= 4 is 0 Å². The van der Waals surface area contributed by atoms with Gasteiger partial charge in [-0.1, -0.05) is 31.6 Å². The molecule has 4 heteroatoms. The maximum Gasteiger partial charge on any atom is 0.205 e. The summed E-state index contributed by atoms with van der Waals surface area (Å²) in [7, 11) is 0. The van der Waals surface area contributed by atoms with Gasteiger partial charge in [-0.05, 0) is 101 Å². The van der Waals surface area contributed by atoms with E-state index in [1.807, 2.05) is 0 Å². The van der Waals surface area contributed by atoms with Crippen molar-refractivity contribution in [1.82, 2.24) is 0 Å². The van der Waals surface area contributed by atoms with E-state index in [9.17, 15) is 8.78 Å². The van der Waals surface area contributed by atoms with E-state index in [0.717, 1.165) is 30.6 Å². The van der Waals surface area contributed by atoms with Crippen LogP contribution < -0.4 is 9.47 Å². The molecule has 2 aliphatic rings. The first-order valence-corrected chi connectivity index (χ1v) is 12.2. The van der Waals surface area contributed by atoms with Crippen molar-refractivity contribution in [2.45, 2.75) is 78.1 Å². The van der Waals surface area contributed by atoms with E-state index in [-0.39, 0.29) is 11.5 Å². The van der Waals surface area contributed by atoms with Crippen LogP contribution in [0.5, 0.6) is 11.5 Å². The monoisotopic (exact) mass is 432 g/mol. The Hall–Kier alpha value is -1.84. The molecule has 172 valence electrons. The van der Waals surface area contributed by atoms with Crippen LogP contribution in [0.3, 0.4) is 0 Å². The third-order valence-electron chi connectivity index (χ3n) is 7.06. The predicted molar refractivity (Wildman–Crippen MR) is 122 cm³/mol. The van der Waals surface area contributed by atoms with E-state index >= 15 is 0 Å². The maximum absolute atomic E-state index is 14.3. The lowest BCUT2D eigenvalue weighted by Gasteiger charge is -2.37. The Bertz CT molecular complexity index is 727. The summed E-state index contributed by atoms with van der Waals surface area (Å²) in [5.41, 5.74) is 0. The van der Waals surface area contributed by atoms with Crippen molar-refractivity contribution in [3.05, 3.63) is 48.3 Å². The molecule has 2 saturated carbocycles. The number of unbranched alkanes of at least 4 members (excludes halogenated alkanes) is 1. The molecule has 2 fully saturated rings. The zero-order valence-electron chi connectivity index (χ0n) is 19.1. The lowest BCUT2D eigenvalue weighted by Crippen LogP contribution is -2.27. The van der Waals surface area contributed by atoms with Gasteiger partial charge in [-0.2, -0.15) is 8.78 Å². The Morgan fingerprint density at radius 2 is 1.52 bits per heavy atom. The second-order valence-electron chi connectivity index (χ2n) is 9.26. The fourth-order valence-corrected chi connectivity index (χ4v) is 5.16. The number of ether oxygens (including phenoxy) is 2. The first-order chi connectivity index (χ1) is 15.1. The van der Waals surface area contributed by atoms with Gasteiger partial charge in [-0.25, -0.2) is 0 Å². The van der Waals surface area contributed by atoms with Crippen molar-refractivity contribution in [2.24, 2.45) is 23.7 Å². The Labute approximate surface area is 186 Å². The number of hydrogen-bond donors (Lipinski definition) is 0. The second-order valence-corrected chi connectivity index (χ2v) is 9.26. The summed E-state index contributed by atoms with van der Waals surface area (Å²) in [6.45, 7) is 4.43. The molecule has 0 spiro atoms. The van der Waals surface area contributed by atoms with Gasteiger partial charge in [0, 0.05) is 0 Å². The van der Waals surface area contributed by atoms with Crippen LogP contribution >= 0.6 is 0 Å². The van der Waals surface area contributed by atoms with E-state index in [2.05, 4.69) is 19.1 Å². The van der Waals surface area contributed by atoms with Crippen LogP contribution in [0, 0.1) is 35.3 Å². The van der Waals surface area contributed by atoms with Gasteiger partial charge in [-0.3, -0.25) is 0 Å². The van der Waals surface area contributed by atoms with Gasteiger partial charge in [0.1, 0.15) is 0 Å². The molecule has 0 bridgehead atoms. The zero-order valence-corrected chi connectivity index (χ0v) is 19.1. The predicted octanol–water partition coefficient (Wildman–Crippen LogP) is 8.23. The minimum Gasteiger partial charge on any atom is -0.490 e. The standard InChI is InChI=1S/C27H38F2O2/c1-3-5-6-7-20-8-12-22(13-9-20)23-14-10-21(11-15-23)19-31-25-17-16-24(30-18-4-2)26(28)27(25)29/h4,6-7,16-18,20-23H,3,5,8-15,19H2,1-2H3. The summed E-state index contributed by atoms with van der Waals surface area (Å²) in [4.78, 5) is 0. The van der Waals surface area contributed by atoms with Gasteiger partial charge in [0.2, 0.25) is 11.6 Å².